The van der Waals surface area contributed by atoms with Crippen LogP contribution in [-0.4, -0.2) is 60.4 Å². The maximum absolute atomic E-state index is 16.5. The lowest BCUT2D eigenvalue weighted by Gasteiger charge is -2.60. The van der Waals surface area contributed by atoms with Gasteiger partial charge in [-0.25, -0.2) is 13.2 Å². The van der Waals surface area contributed by atoms with Crippen molar-refractivity contribution in [3.05, 3.63) is 70.8 Å². The Balaban J connectivity index is 1.30. The number of fused-ring (bicyclic) bond motifs is 4. The third-order valence-electron chi connectivity index (χ3n) is 13.6. The highest BCUT2D eigenvalue weighted by Crippen LogP contribution is 2.71. The average molecular weight is 890 g/mol. The predicted molar refractivity (Wildman–Crippen MR) is 207 cm³/mol. The van der Waals surface area contributed by atoms with Gasteiger partial charge in [0, 0.05) is 70.5 Å². The molecule has 292 valence electrons. The molecule has 2 aromatic rings. The van der Waals surface area contributed by atoms with E-state index < -0.39 is 57.8 Å². The molecule has 0 bridgehead atoms. The first-order valence-electron chi connectivity index (χ1n) is 18.5. The zero-order chi connectivity index (χ0) is 38.6. The minimum atomic E-state index is -3.92. The summed E-state index contributed by atoms with van der Waals surface area (Å²) in [5.74, 6) is -5.51. The molecule has 0 radical (unpaired) electrons. The van der Waals surface area contributed by atoms with E-state index in [0.717, 1.165) is 29.2 Å². The maximum Gasteiger partial charge on any atom is 0.288 e. The summed E-state index contributed by atoms with van der Waals surface area (Å²) in [5, 5.41) is 24.8. The van der Waals surface area contributed by atoms with Crippen molar-refractivity contribution in [3.8, 4) is 0 Å². The van der Waals surface area contributed by atoms with Crippen LogP contribution in [0.4, 0.5) is 13.2 Å². The summed E-state index contributed by atoms with van der Waals surface area (Å²) < 4.78 is 89.9. The van der Waals surface area contributed by atoms with Gasteiger partial charge in [-0.15, -0.1) is 3.77 Å². The van der Waals surface area contributed by atoms with E-state index in [4.69, 9.17) is 9.47 Å². The van der Waals surface area contributed by atoms with Gasteiger partial charge in [0.05, 0.1) is 23.7 Å². The fourth-order valence-electron chi connectivity index (χ4n) is 10.4. The number of allylic oxidation sites excluding steroid dienone is 1. The third kappa shape index (κ3) is 6.51. The monoisotopic (exact) mass is 889 g/mol. The number of rotatable bonds is 6. The number of halogens is 4. The van der Waals surface area contributed by atoms with Gasteiger partial charge in [-0.05, 0) is 99.6 Å². The smallest absolute Gasteiger partial charge is 0.288 e. The molecule has 1 saturated heterocycles. The molecule has 7 nitrogen and oxygen atoms in total. The van der Waals surface area contributed by atoms with Gasteiger partial charge < -0.3 is 19.7 Å². The highest BCUT2D eigenvalue weighted by molar-refractivity contribution is 14.2. The van der Waals surface area contributed by atoms with Crippen molar-refractivity contribution in [2.75, 3.05) is 13.2 Å². The molecule has 1 spiro atoms. The number of aryl methyl sites for hydroxylation is 1. The molecule has 0 aromatic heterocycles. The Bertz CT molecular complexity index is 1940. The number of ether oxygens (including phenoxy) is 2. The second-order valence-electron chi connectivity index (χ2n) is 17.7. The Hall–Kier alpha value is -1.36. The van der Waals surface area contributed by atoms with E-state index in [-0.39, 0.29) is 35.0 Å². The third-order valence-corrected chi connectivity index (χ3v) is 19.4. The summed E-state index contributed by atoms with van der Waals surface area (Å²) in [5.41, 5.74) is -4.24. The Labute approximate surface area is 326 Å². The van der Waals surface area contributed by atoms with Crippen LogP contribution in [0.15, 0.2) is 73.2 Å². The van der Waals surface area contributed by atoms with Crippen molar-refractivity contribution in [1.82, 2.24) is 0 Å². The van der Waals surface area contributed by atoms with Crippen molar-refractivity contribution in [3.63, 3.8) is 0 Å². The molecule has 53 heavy (non-hydrogen) atoms. The van der Waals surface area contributed by atoms with E-state index in [1.165, 1.54) is 0 Å². The topological polar surface area (TPSA) is 105 Å². The van der Waals surface area contributed by atoms with Crippen molar-refractivity contribution in [2.45, 2.75) is 137 Å². The lowest BCUT2D eigenvalue weighted by molar-refractivity contribution is -0.322. The molecule has 2 aromatic carbocycles. The van der Waals surface area contributed by atoms with Crippen molar-refractivity contribution in [2.24, 2.45) is 26.4 Å². The van der Waals surface area contributed by atoms with Gasteiger partial charge in [0.2, 0.25) is 0 Å². The van der Waals surface area contributed by atoms with Gasteiger partial charge in [0.15, 0.2) is 11.5 Å². The first-order valence-corrected chi connectivity index (χ1v) is 23.7. The predicted octanol–water partition coefficient (Wildman–Crippen LogP) is 9.30. The summed E-state index contributed by atoms with van der Waals surface area (Å²) in [6.07, 6.45) is 2.89. The standard InChI is InChI=1S/C40H51F3INO6S2/c1-25-7-13-28(14-8-25)53(48,49)45-52(44)27-11-9-26(10-12-27)30-21-35(4)31(17-20-40(35,47)36(5,41)37(6,42)43)29-15-18-38(46)22-39(19-16-32(38)33(29)30)50-23-34(2,3)24-51-39/h7-14,29-31,46-47H,15-24H2,1-6H3/t29?,30-,31?,35+,36?,38-,40+,52?/m1/s1. The van der Waals surface area contributed by atoms with E-state index in [1.807, 2.05) is 52.4 Å². The van der Waals surface area contributed by atoms with Crippen LogP contribution in [0.3, 0.4) is 0 Å². The number of nitrogens with zero attached hydrogens (tertiary/aromatic N) is 1. The van der Waals surface area contributed by atoms with Crippen LogP contribution in [0, 0.1) is 29.6 Å². The lowest BCUT2D eigenvalue weighted by Crippen LogP contribution is -2.66. The quantitative estimate of drug-likeness (QED) is 0.222. The van der Waals surface area contributed by atoms with Crippen LogP contribution < -0.4 is 0 Å². The number of alkyl halides is 3. The zero-order valence-corrected chi connectivity index (χ0v) is 35.0. The van der Waals surface area contributed by atoms with Crippen LogP contribution in [0.25, 0.3) is 0 Å². The van der Waals surface area contributed by atoms with E-state index in [9.17, 15) is 18.6 Å². The Morgan fingerprint density at radius 1 is 0.925 bits per heavy atom. The Morgan fingerprint density at radius 3 is 2.15 bits per heavy atom. The molecule has 13 heteroatoms. The van der Waals surface area contributed by atoms with Crippen LogP contribution >= 0.6 is 21.2 Å². The number of benzene rings is 2. The highest BCUT2D eigenvalue weighted by Gasteiger charge is 2.74. The number of hydrogen-bond donors (Lipinski definition) is 2. The van der Waals surface area contributed by atoms with E-state index in [1.54, 1.807) is 31.2 Å². The Morgan fingerprint density at radius 2 is 1.55 bits per heavy atom. The van der Waals surface area contributed by atoms with Crippen molar-refractivity contribution in [1.29, 1.82) is 0 Å². The second-order valence-corrected chi connectivity index (χ2v) is 23.1. The van der Waals surface area contributed by atoms with Gasteiger partial charge in [-0.2, -0.15) is 8.42 Å². The van der Waals surface area contributed by atoms with Gasteiger partial charge in [-0.3, -0.25) is 0 Å². The van der Waals surface area contributed by atoms with Gasteiger partial charge in [-0.1, -0.05) is 56.2 Å². The Kier molecular flexibility index (Phi) is 9.84. The molecule has 5 aliphatic rings. The summed E-state index contributed by atoms with van der Waals surface area (Å²) >= 11 is 2.02. The summed E-state index contributed by atoms with van der Waals surface area (Å²) in [4.78, 5) is 0.805. The summed E-state index contributed by atoms with van der Waals surface area (Å²) in [7, 11) is -4.96. The number of aliphatic hydroxyl groups is 2. The largest absolute Gasteiger partial charge is 0.386 e. The van der Waals surface area contributed by atoms with E-state index in [2.05, 4.69) is 17.6 Å². The van der Waals surface area contributed by atoms with Crippen molar-refractivity contribution < 1.29 is 41.3 Å². The van der Waals surface area contributed by atoms with Gasteiger partial charge >= 0.3 is 0 Å². The van der Waals surface area contributed by atoms with Crippen LogP contribution in [0.1, 0.15) is 103 Å². The molecule has 7 rings (SSSR count). The summed E-state index contributed by atoms with van der Waals surface area (Å²) in [6, 6.07) is 14.0. The first kappa shape index (κ1) is 39.9. The molecule has 8 atom stereocenters. The summed E-state index contributed by atoms with van der Waals surface area (Å²) in [6.45, 7) is 10.3. The van der Waals surface area contributed by atoms with Crippen LogP contribution in [0.2, 0.25) is 0 Å². The minimum Gasteiger partial charge on any atom is -0.386 e. The highest BCUT2D eigenvalue weighted by atomic mass is 127. The molecular formula is C40H51F3INO6S2. The molecule has 4 unspecified atom stereocenters. The lowest BCUT2D eigenvalue weighted by atomic mass is 9.48. The first-order chi connectivity index (χ1) is 24.5. The fourth-order valence-corrected chi connectivity index (χ4v) is 15.4. The molecular weight excluding hydrogens is 838 g/mol. The number of sulfonamides is 1. The van der Waals surface area contributed by atoms with Gasteiger partial charge in [0.25, 0.3) is 15.9 Å². The molecule has 1 heterocycles. The van der Waals surface area contributed by atoms with Crippen LogP contribution in [-0.2, 0) is 27.4 Å². The normalized spacial score (nSPS) is 35.7. The molecule has 4 fully saturated rings. The maximum atomic E-state index is 16.5. The fraction of sp³-hybridized carbons (Fsp3) is 0.650. The van der Waals surface area contributed by atoms with E-state index >= 15 is 13.2 Å². The second kappa shape index (κ2) is 13.1. The van der Waals surface area contributed by atoms with Crippen molar-refractivity contribution >= 4 is 39.1 Å². The molecule has 4 aliphatic carbocycles. The SMILES string of the molecule is Cc1ccc(S(=O)(=O)N=S(I)c2ccc([C@H]3C[C@@]4(C)C(CC[C@@]4(O)C(C)(F)C(C)(F)F)C4CC[C@@]5(O)CC6(CCC5=C43)OCC(C)(C)CO6)cc2)cc1. The van der Waals surface area contributed by atoms with E-state index in [0.29, 0.717) is 63.6 Å². The number of hydrogen-bond acceptors (Lipinski definition) is 6. The average Bonchev–Trinajstić information content (AvgIpc) is 3.36. The molecule has 1 aliphatic heterocycles. The molecule has 0 amide bonds. The zero-order valence-electron chi connectivity index (χ0n) is 31.2. The van der Waals surface area contributed by atoms with Crippen LogP contribution in [0.5, 0.6) is 0 Å². The van der Waals surface area contributed by atoms with Gasteiger partial charge in [0.1, 0.15) is 5.60 Å². The minimum absolute atomic E-state index is 0.0885. The molecule has 2 N–H and O–H groups in total. The molecule has 3 saturated carbocycles.